The monoisotopic (exact) mass is 304 g/mol. The zero-order chi connectivity index (χ0) is 16.7. The molecule has 0 amide bonds. The molecule has 2 aromatic rings. The zero-order valence-electron chi connectivity index (χ0n) is 13.5. The van der Waals surface area contributed by atoms with Gasteiger partial charge in [0.2, 0.25) is 0 Å². The van der Waals surface area contributed by atoms with E-state index in [1.165, 1.54) is 11.1 Å². The lowest BCUT2D eigenvalue weighted by Gasteiger charge is -2.26. The summed E-state index contributed by atoms with van der Waals surface area (Å²) in [4.78, 5) is 0. The molecular formula is C21H20O2. The molecule has 2 aromatic carbocycles. The number of benzene rings is 2. The number of rotatable bonds is 6. The lowest BCUT2D eigenvalue weighted by molar-refractivity contribution is 0.370. The first-order valence-corrected chi connectivity index (χ1v) is 7.41. The molecule has 2 nitrogen and oxygen atoms in total. The molecule has 0 saturated heterocycles. The molecule has 0 fully saturated rings. The van der Waals surface area contributed by atoms with Gasteiger partial charge in [0.15, 0.2) is 0 Å². The second-order valence-corrected chi connectivity index (χ2v) is 5.66. The molecule has 0 radical (unpaired) electrons. The Balaban J connectivity index is 2.17. The van der Waals surface area contributed by atoms with Crippen molar-refractivity contribution < 1.29 is 9.47 Å². The van der Waals surface area contributed by atoms with Gasteiger partial charge >= 0.3 is 0 Å². The smallest absolute Gasteiger partial charge is 0.148 e. The molecule has 0 saturated carbocycles. The van der Waals surface area contributed by atoms with Crippen molar-refractivity contribution >= 4 is 0 Å². The molecule has 0 atom stereocenters. The minimum atomic E-state index is -0.130. The molecule has 0 aliphatic heterocycles. The van der Waals surface area contributed by atoms with Crippen LogP contribution < -0.4 is 9.47 Å². The van der Waals surface area contributed by atoms with Crippen molar-refractivity contribution in [3.8, 4) is 36.2 Å². The lowest BCUT2D eigenvalue weighted by Crippen LogP contribution is -2.18. The van der Waals surface area contributed by atoms with Gasteiger partial charge in [-0.25, -0.2) is 0 Å². The van der Waals surface area contributed by atoms with E-state index in [0.717, 1.165) is 11.5 Å². The van der Waals surface area contributed by atoms with E-state index in [-0.39, 0.29) is 18.6 Å². The summed E-state index contributed by atoms with van der Waals surface area (Å²) >= 11 is 0. The van der Waals surface area contributed by atoms with Crippen LogP contribution in [0.1, 0.15) is 25.0 Å². The fourth-order valence-corrected chi connectivity index (χ4v) is 2.35. The summed E-state index contributed by atoms with van der Waals surface area (Å²) in [6.45, 7) is 4.92. The average molecular weight is 304 g/mol. The Morgan fingerprint density at radius 2 is 1.09 bits per heavy atom. The van der Waals surface area contributed by atoms with Crippen LogP contribution in [0.5, 0.6) is 11.5 Å². The predicted octanol–water partition coefficient (Wildman–Crippen LogP) is 4.04. The van der Waals surface area contributed by atoms with E-state index in [2.05, 4.69) is 50.0 Å². The summed E-state index contributed by atoms with van der Waals surface area (Å²) in [7, 11) is 0. The maximum atomic E-state index is 5.41. The first-order chi connectivity index (χ1) is 11.1. The number of terminal acetylenes is 2. The van der Waals surface area contributed by atoms with Crippen molar-refractivity contribution in [3.05, 3.63) is 59.7 Å². The largest absolute Gasteiger partial charge is 0.481 e. The van der Waals surface area contributed by atoms with Gasteiger partial charge in [0.1, 0.15) is 24.7 Å². The predicted molar refractivity (Wildman–Crippen MR) is 93.7 cm³/mol. The summed E-state index contributed by atoms with van der Waals surface area (Å²) in [6.07, 6.45) is 10.4. The maximum absolute atomic E-state index is 5.41. The standard InChI is InChI=1S/C21H20O2/c1-5-15-22-19-11-7-17(8-12-19)21(3,4)18-9-13-20(14-10-18)23-16-6-2/h1-2,7-14H,15-16H2,3-4H3. The molecule has 0 spiro atoms. The molecule has 0 N–H and O–H groups in total. The Hall–Kier alpha value is -2.84. The minimum absolute atomic E-state index is 0.130. The fourth-order valence-electron chi connectivity index (χ4n) is 2.35. The molecule has 116 valence electrons. The minimum Gasteiger partial charge on any atom is -0.481 e. The van der Waals surface area contributed by atoms with Gasteiger partial charge in [0.05, 0.1) is 0 Å². The van der Waals surface area contributed by atoms with Crippen LogP contribution in [0.25, 0.3) is 0 Å². The molecule has 2 heteroatoms. The van der Waals surface area contributed by atoms with Gasteiger partial charge in [0, 0.05) is 5.41 Å². The molecule has 0 heterocycles. The molecule has 0 aromatic heterocycles. The van der Waals surface area contributed by atoms with E-state index in [9.17, 15) is 0 Å². The van der Waals surface area contributed by atoms with Crippen molar-refractivity contribution in [1.29, 1.82) is 0 Å². The third-order valence-corrected chi connectivity index (χ3v) is 3.80. The van der Waals surface area contributed by atoms with Crippen LogP contribution >= 0.6 is 0 Å². The van der Waals surface area contributed by atoms with Crippen LogP contribution in [0, 0.1) is 24.7 Å². The normalized spacial score (nSPS) is 10.4. The highest BCUT2D eigenvalue weighted by atomic mass is 16.5. The van der Waals surface area contributed by atoms with E-state index in [0.29, 0.717) is 0 Å². The van der Waals surface area contributed by atoms with Crippen molar-refractivity contribution in [1.82, 2.24) is 0 Å². The molecule has 0 bridgehead atoms. The van der Waals surface area contributed by atoms with Crippen LogP contribution in [0.2, 0.25) is 0 Å². The van der Waals surface area contributed by atoms with E-state index in [1.54, 1.807) is 0 Å². The van der Waals surface area contributed by atoms with Crippen molar-refractivity contribution in [2.24, 2.45) is 0 Å². The molecule has 23 heavy (non-hydrogen) atoms. The van der Waals surface area contributed by atoms with E-state index in [1.807, 2.05) is 24.3 Å². The highest BCUT2D eigenvalue weighted by molar-refractivity contribution is 5.41. The van der Waals surface area contributed by atoms with Crippen molar-refractivity contribution in [2.45, 2.75) is 19.3 Å². The van der Waals surface area contributed by atoms with Crippen molar-refractivity contribution in [2.75, 3.05) is 13.2 Å². The average Bonchev–Trinajstić information content (AvgIpc) is 2.59. The van der Waals surface area contributed by atoms with Crippen molar-refractivity contribution in [3.63, 3.8) is 0 Å². The molecular weight excluding hydrogens is 284 g/mol. The van der Waals surface area contributed by atoms with Gasteiger partial charge in [-0.15, -0.1) is 12.8 Å². The third kappa shape index (κ3) is 4.09. The first kappa shape index (κ1) is 16.5. The van der Waals surface area contributed by atoms with Gasteiger partial charge in [-0.3, -0.25) is 0 Å². The van der Waals surface area contributed by atoms with E-state index in [4.69, 9.17) is 22.3 Å². The van der Waals surface area contributed by atoms with Crippen LogP contribution in [-0.4, -0.2) is 13.2 Å². The quantitative estimate of drug-likeness (QED) is 0.750. The van der Waals surface area contributed by atoms with Gasteiger partial charge in [-0.05, 0) is 35.4 Å². The Bertz CT molecular complexity index is 647. The summed E-state index contributed by atoms with van der Waals surface area (Å²) in [6, 6.07) is 16.0. The van der Waals surface area contributed by atoms with Crippen LogP contribution in [0.15, 0.2) is 48.5 Å². The Labute approximate surface area is 138 Å². The Kier molecular flexibility index (Phi) is 5.34. The number of ether oxygens (including phenoxy) is 2. The highest BCUT2D eigenvalue weighted by Gasteiger charge is 2.23. The Morgan fingerprint density at radius 3 is 1.39 bits per heavy atom. The SMILES string of the molecule is C#CCOc1ccc(C(C)(C)c2ccc(OCC#C)cc2)cc1. The van der Waals surface area contributed by atoms with Crippen LogP contribution in [0.3, 0.4) is 0 Å². The number of hydrogen-bond acceptors (Lipinski definition) is 2. The summed E-state index contributed by atoms with van der Waals surface area (Å²) in [5.41, 5.74) is 2.26. The topological polar surface area (TPSA) is 18.5 Å². The van der Waals surface area contributed by atoms with Crippen LogP contribution in [0.4, 0.5) is 0 Å². The second-order valence-electron chi connectivity index (χ2n) is 5.66. The number of hydrogen-bond donors (Lipinski definition) is 0. The fraction of sp³-hybridized carbons (Fsp3) is 0.238. The summed E-state index contributed by atoms with van der Waals surface area (Å²) in [5.74, 6) is 6.48. The molecule has 0 aliphatic carbocycles. The van der Waals surface area contributed by atoms with Gasteiger partial charge in [-0.1, -0.05) is 50.0 Å². The first-order valence-electron chi connectivity index (χ1n) is 7.41. The van der Waals surface area contributed by atoms with Gasteiger partial charge in [0.25, 0.3) is 0 Å². The summed E-state index contributed by atoms with van der Waals surface area (Å²) < 4.78 is 10.8. The van der Waals surface area contributed by atoms with E-state index >= 15 is 0 Å². The van der Waals surface area contributed by atoms with Crippen LogP contribution in [-0.2, 0) is 5.41 Å². The zero-order valence-corrected chi connectivity index (χ0v) is 13.5. The lowest BCUT2D eigenvalue weighted by atomic mass is 9.78. The highest BCUT2D eigenvalue weighted by Crippen LogP contribution is 2.33. The van der Waals surface area contributed by atoms with E-state index < -0.39 is 0 Å². The molecule has 2 rings (SSSR count). The maximum Gasteiger partial charge on any atom is 0.148 e. The van der Waals surface area contributed by atoms with Gasteiger partial charge in [-0.2, -0.15) is 0 Å². The van der Waals surface area contributed by atoms with Gasteiger partial charge < -0.3 is 9.47 Å². The summed E-state index contributed by atoms with van der Waals surface area (Å²) in [5, 5.41) is 0. The second kappa shape index (κ2) is 7.43. The molecule has 0 unspecified atom stereocenters. The molecule has 0 aliphatic rings. The Morgan fingerprint density at radius 1 is 0.739 bits per heavy atom. The third-order valence-electron chi connectivity index (χ3n) is 3.80.